The lowest BCUT2D eigenvalue weighted by Crippen LogP contribution is -2.71. The van der Waals surface area contributed by atoms with Gasteiger partial charge in [0.15, 0.2) is 4.34 Å². The Morgan fingerprint density at radius 3 is 2.60 bits per heavy atom. The van der Waals surface area contributed by atoms with E-state index in [1.165, 1.54) is 51.9 Å². The molecular formula is C26H22Cl2N6O6S3. The Labute approximate surface area is 267 Å². The van der Waals surface area contributed by atoms with E-state index in [9.17, 15) is 29.4 Å². The highest BCUT2D eigenvalue weighted by molar-refractivity contribution is 8.01. The number of phenols is 1. The van der Waals surface area contributed by atoms with Gasteiger partial charge in [-0.25, -0.2) is 4.79 Å². The first-order valence-electron chi connectivity index (χ1n) is 12.5. The highest BCUT2D eigenvalue weighted by atomic mass is 35.5. The molecule has 0 spiro atoms. The van der Waals surface area contributed by atoms with Gasteiger partial charge in [-0.1, -0.05) is 76.6 Å². The first kappa shape index (κ1) is 31.1. The molecular weight excluding hydrogens is 659 g/mol. The minimum absolute atomic E-state index is 0.104. The van der Waals surface area contributed by atoms with Crippen molar-refractivity contribution in [1.82, 2.24) is 25.7 Å². The van der Waals surface area contributed by atoms with Gasteiger partial charge in [0.25, 0.3) is 11.8 Å². The number of benzene rings is 2. The maximum absolute atomic E-state index is 13.5. The fraction of sp³-hybridized carbons (Fsp3) is 0.231. The largest absolute Gasteiger partial charge is 0.506 e. The van der Waals surface area contributed by atoms with Crippen LogP contribution in [0.15, 0.2) is 58.1 Å². The Morgan fingerprint density at radius 2 is 1.93 bits per heavy atom. The first-order valence-corrected chi connectivity index (χ1v) is 16.1. The van der Waals surface area contributed by atoms with Crippen LogP contribution in [0.5, 0.6) is 5.75 Å². The number of hydrogen-bond acceptors (Lipinski definition) is 11. The van der Waals surface area contributed by atoms with Crippen LogP contribution in [-0.4, -0.2) is 71.9 Å². The van der Waals surface area contributed by atoms with Gasteiger partial charge in [-0.15, -0.1) is 22.0 Å². The number of halogens is 2. The van der Waals surface area contributed by atoms with Gasteiger partial charge in [0, 0.05) is 23.1 Å². The van der Waals surface area contributed by atoms with Crippen LogP contribution >= 0.6 is 58.1 Å². The zero-order valence-electron chi connectivity index (χ0n) is 21.8. The van der Waals surface area contributed by atoms with E-state index in [2.05, 4.69) is 20.8 Å². The first-order chi connectivity index (χ1) is 20.6. The Hall–Kier alpha value is -3.34. The summed E-state index contributed by atoms with van der Waals surface area (Å²) in [5.74, 6) is -3.30. The van der Waals surface area contributed by atoms with Crippen molar-refractivity contribution in [3.8, 4) is 5.75 Å². The fourth-order valence-electron chi connectivity index (χ4n) is 4.45. The van der Waals surface area contributed by atoms with E-state index < -0.39 is 46.9 Å². The van der Waals surface area contributed by atoms with E-state index in [-0.39, 0.29) is 33.6 Å². The van der Waals surface area contributed by atoms with E-state index in [1.807, 2.05) is 0 Å². The van der Waals surface area contributed by atoms with Gasteiger partial charge < -0.3 is 26.6 Å². The van der Waals surface area contributed by atoms with E-state index in [0.717, 1.165) is 0 Å². The second kappa shape index (κ2) is 13.1. The monoisotopic (exact) mass is 680 g/mol. The molecule has 0 saturated carbocycles. The predicted octanol–water partition coefficient (Wildman–Crippen LogP) is 3.01. The highest BCUT2D eigenvalue weighted by Gasteiger charge is 2.54. The maximum atomic E-state index is 13.5. The summed E-state index contributed by atoms with van der Waals surface area (Å²) in [7, 11) is 0. The number of carbonyl (C=O) groups excluding carboxylic acids is 3. The Balaban J connectivity index is 1.33. The minimum Gasteiger partial charge on any atom is -0.506 e. The smallest absolute Gasteiger partial charge is 0.352 e. The molecule has 0 radical (unpaired) electrons. The second-order valence-corrected chi connectivity index (χ2v) is 13.4. The number of thioether (sulfide) groups is 2. The number of amides is 3. The SMILES string of the molecule is NCc1nnc(SCC2=C(C(=O)O)N3C(=O)C(NC(=O)[C@@H](NC(=O)c4cc(Cl)cc(Cl)c4O)c4ccccc4)[C@@H]3SC2)s1. The third-order valence-corrected chi connectivity index (χ3v) is 10.5. The van der Waals surface area contributed by atoms with Crippen molar-refractivity contribution in [1.29, 1.82) is 0 Å². The summed E-state index contributed by atoms with van der Waals surface area (Å²) in [6.07, 6.45) is 0. The van der Waals surface area contributed by atoms with Gasteiger partial charge in [-0.2, -0.15) is 0 Å². The molecule has 224 valence electrons. The van der Waals surface area contributed by atoms with Crippen molar-refractivity contribution in [3.63, 3.8) is 0 Å². The van der Waals surface area contributed by atoms with Crippen LogP contribution in [-0.2, 0) is 20.9 Å². The number of rotatable bonds is 10. The Kier molecular flexibility index (Phi) is 9.48. The third-order valence-electron chi connectivity index (χ3n) is 6.48. The Bertz CT molecular complexity index is 1640. The average molecular weight is 682 g/mol. The van der Waals surface area contributed by atoms with Gasteiger partial charge in [0.1, 0.15) is 33.9 Å². The summed E-state index contributed by atoms with van der Waals surface area (Å²) in [5.41, 5.74) is 6.15. The van der Waals surface area contributed by atoms with Crippen molar-refractivity contribution in [2.75, 3.05) is 11.5 Å². The number of aromatic nitrogens is 2. The summed E-state index contributed by atoms with van der Waals surface area (Å²) in [5, 5.41) is 33.5. The molecule has 2 aromatic carbocycles. The molecule has 1 fully saturated rings. The summed E-state index contributed by atoms with van der Waals surface area (Å²) < 4.78 is 0.632. The fourth-order valence-corrected chi connectivity index (χ4v) is 8.21. The number of carboxylic acids is 1. The maximum Gasteiger partial charge on any atom is 0.352 e. The molecule has 43 heavy (non-hydrogen) atoms. The van der Waals surface area contributed by atoms with Gasteiger partial charge in [0.2, 0.25) is 5.91 Å². The van der Waals surface area contributed by atoms with Crippen molar-refractivity contribution in [3.05, 3.63) is 79.9 Å². The van der Waals surface area contributed by atoms with Crippen molar-refractivity contribution in [2.45, 2.75) is 28.3 Å². The van der Waals surface area contributed by atoms with Crippen LogP contribution in [0.25, 0.3) is 0 Å². The molecule has 3 amide bonds. The van der Waals surface area contributed by atoms with Crippen LogP contribution in [0, 0.1) is 0 Å². The van der Waals surface area contributed by atoms with Gasteiger partial charge in [-0.3, -0.25) is 19.3 Å². The molecule has 1 saturated heterocycles. The number of nitrogens with zero attached hydrogens (tertiary/aromatic N) is 3. The summed E-state index contributed by atoms with van der Waals surface area (Å²) in [4.78, 5) is 53.3. The molecule has 1 aromatic heterocycles. The highest BCUT2D eigenvalue weighted by Crippen LogP contribution is 2.42. The molecule has 2 aliphatic rings. The normalized spacial score (nSPS) is 18.5. The average Bonchev–Trinajstić information content (AvgIpc) is 3.47. The van der Waals surface area contributed by atoms with Crippen molar-refractivity contribution >= 4 is 81.8 Å². The van der Waals surface area contributed by atoms with E-state index >= 15 is 0 Å². The van der Waals surface area contributed by atoms with E-state index in [1.54, 1.807) is 30.3 Å². The van der Waals surface area contributed by atoms with Gasteiger partial charge in [0.05, 0.1) is 10.6 Å². The van der Waals surface area contributed by atoms with Crippen LogP contribution in [0.2, 0.25) is 10.0 Å². The minimum atomic E-state index is -1.27. The third kappa shape index (κ3) is 6.46. The topological polar surface area (TPSA) is 188 Å². The van der Waals surface area contributed by atoms with Crippen LogP contribution in [0.1, 0.15) is 27.0 Å². The number of nitrogens with two attached hydrogens (primary N) is 1. The zero-order valence-corrected chi connectivity index (χ0v) is 25.8. The summed E-state index contributed by atoms with van der Waals surface area (Å²) in [6.45, 7) is 0.250. The molecule has 3 aromatic rings. The standard InChI is InChI=1S/C26H22Cl2N6O6S3/c27-13-6-14(20(35)15(28)7-13)21(36)30-17(11-4-2-1-3-5-11)22(37)31-18-23(38)34-19(25(39)40)12(9-41-24(18)34)10-42-26-33-32-16(8-29)43-26/h1-7,17-18,24,35H,8-10,29H2,(H,30,36)(H,31,37)(H,39,40)/t17-,18?,24-/m0/s1. The molecule has 0 aliphatic carbocycles. The number of aromatic hydroxyl groups is 1. The number of carboxylic acid groups (broad SMARTS) is 1. The van der Waals surface area contributed by atoms with Crippen LogP contribution < -0.4 is 16.4 Å². The molecule has 3 atom stereocenters. The number of β-lactam (4-membered cyclic amide) rings is 1. The predicted molar refractivity (Wildman–Crippen MR) is 163 cm³/mol. The summed E-state index contributed by atoms with van der Waals surface area (Å²) in [6, 6.07) is 8.47. The number of fused-ring (bicyclic) bond motifs is 1. The van der Waals surface area contributed by atoms with Gasteiger partial charge >= 0.3 is 5.97 Å². The molecule has 12 nitrogen and oxygen atoms in total. The second-order valence-electron chi connectivity index (χ2n) is 9.21. The van der Waals surface area contributed by atoms with E-state index in [0.29, 0.717) is 26.2 Å². The summed E-state index contributed by atoms with van der Waals surface area (Å²) >= 11 is 15.9. The number of phenolic OH excluding ortho intramolecular Hbond substituents is 1. The lowest BCUT2D eigenvalue weighted by Gasteiger charge is -2.49. The lowest BCUT2D eigenvalue weighted by atomic mass is 10.0. The zero-order chi connectivity index (χ0) is 30.8. The molecule has 3 heterocycles. The van der Waals surface area contributed by atoms with Crippen LogP contribution in [0.3, 0.4) is 0 Å². The molecule has 5 rings (SSSR count). The molecule has 0 bridgehead atoms. The number of carbonyl (C=O) groups is 4. The lowest BCUT2D eigenvalue weighted by molar-refractivity contribution is -0.151. The molecule has 17 heteroatoms. The molecule has 2 aliphatic heterocycles. The van der Waals surface area contributed by atoms with Crippen molar-refractivity contribution in [2.24, 2.45) is 5.73 Å². The molecule has 1 unspecified atom stereocenters. The molecule has 6 N–H and O–H groups in total. The number of hydrogen-bond donors (Lipinski definition) is 5. The van der Waals surface area contributed by atoms with Crippen LogP contribution in [0.4, 0.5) is 0 Å². The number of nitrogens with one attached hydrogen (secondary N) is 2. The number of aliphatic carboxylic acids is 1. The van der Waals surface area contributed by atoms with Crippen molar-refractivity contribution < 1.29 is 29.4 Å². The Morgan fingerprint density at radius 1 is 1.19 bits per heavy atom. The quantitative estimate of drug-likeness (QED) is 0.156. The van der Waals surface area contributed by atoms with E-state index in [4.69, 9.17) is 28.9 Å². The van der Waals surface area contributed by atoms with Gasteiger partial charge in [-0.05, 0) is 23.3 Å².